The lowest BCUT2D eigenvalue weighted by Crippen LogP contribution is -2.24. The Morgan fingerprint density at radius 2 is 2.05 bits per heavy atom. The van der Waals surface area contributed by atoms with Crippen molar-refractivity contribution in [1.29, 1.82) is 5.26 Å². The zero-order valence-corrected chi connectivity index (χ0v) is 12.5. The summed E-state index contributed by atoms with van der Waals surface area (Å²) in [5.74, 6) is -0.717. The van der Waals surface area contributed by atoms with Gasteiger partial charge in [0.1, 0.15) is 17.5 Å². The van der Waals surface area contributed by atoms with E-state index in [-0.39, 0.29) is 11.4 Å². The maximum atomic E-state index is 12.9. The summed E-state index contributed by atoms with van der Waals surface area (Å²) < 4.78 is 12.9. The molecule has 0 bridgehead atoms. The van der Waals surface area contributed by atoms with Crippen LogP contribution in [0.5, 0.6) is 0 Å². The van der Waals surface area contributed by atoms with E-state index < -0.39 is 5.91 Å². The van der Waals surface area contributed by atoms with Crippen LogP contribution in [0.2, 0.25) is 0 Å². The van der Waals surface area contributed by atoms with Gasteiger partial charge in [-0.15, -0.1) is 17.9 Å². The van der Waals surface area contributed by atoms with Crippen LogP contribution in [-0.2, 0) is 4.79 Å². The predicted molar refractivity (Wildman–Crippen MR) is 86.5 cm³/mol. The Bertz CT molecular complexity index is 754. The number of nitrogens with zero attached hydrogens (tertiary/aromatic N) is 1. The molecule has 0 aliphatic rings. The number of rotatable bonds is 5. The third-order valence-electron chi connectivity index (χ3n) is 2.81. The van der Waals surface area contributed by atoms with Crippen molar-refractivity contribution in [2.45, 2.75) is 0 Å². The maximum Gasteiger partial charge on any atom is 0.262 e. The first kappa shape index (κ1) is 15.7. The predicted octanol–water partition coefficient (Wildman–Crippen LogP) is 3.76. The molecule has 22 heavy (non-hydrogen) atoms. The number of amides is 1. The van der Waals surface area contributed by atoms with E-state index in [0.29, 0.717) is 6.54 Å². The molecule has 0 saturated heterocycles. The van der Waals surface area contributed by atoms with E-state index in [1.165, 1.54) is 29.5 Å². The van der Waals surface area contributed by atoms with Gasteiger partial charge in [0.25, 0.3) is 5.91 Å². The van der Waals surface area contributed by atoms with E-state index >= 15 is 0 Å². The van der Waals surface area contributed by atoms with E-state index in [9.17, 15) is 9.18 Å². The number of nitrogens with one attached hydrogen (secondary N) is 1. The molecule has 0 radical (unpaired) electrons. The fourth-order valence-electron chi connectivity index (χ4n) is 1.75. The van der Waals surface area contributed by atoms with Crippen molar-refractivity contribution < 1.29 is 9.18 Å². The van der Waals surface area contributed by atoms with Gasteiger partial charge in [-0.1, -0.05) is 18.2 Å². The Balaban J connectivity index is 2.21. The van der Waals surface area contributed by atoms with Gasteiger partial charge in [0, 0.05) is 16.3 Å². The number of thiophene rings is 1. The maximum absolute atomic E-state index is 12.9. The van der Waals surface area contributed by atoms with Gasteiger partial charge in [-0.25, -0.2) is 4.39 Å². The molecule has 1 amide bonds. The van der Waals surface area contributed by atoms with Gasteiger partial charge >= 0.3 is 0 Å². The van der Waals surface area contributed by atoms with Gasteiger partial charge in [-0.3, -0.25) is 4.79 Å². The number of benzene rings is 1. The van der Waals surface area contributed by atoms with Crippen molar-refractivity contribution in [2.75, 3.05) is 6.54 Å². The minimum absolute atomic E-state index is 0.0364. The first-order valence-electron chi connectivity index (χ1n) is 6.50. The molecule has 0 atom stereocenters. The summed E-state index contributed by atoms with van der Waals surface area (Å²) in [7, 11) is 0. The molecule has 0 unspecified atom stereocenters. The van der Waals surface area contributed by atoms with Gasteiger partial charge < -0.3 is 5.32 Å². The van der Waals surface area contributed by atoms with Crippen LogP contribution >= 0.6 is 11.3 Å². The molecule has 0 saturated carbocycles. The molecule has 0 aliphatic carbocycles. The average molecular weight is 312 g/mol. The molecule has 110 valence electrons. The van der Waals surface area contributed by atoms with Crippen molar-refractivity contribution in [3.05, 3.63) is 65.3 Å². The Kier molecular flexibility index (Phi) is 5.23. The normalized spacial score (nSPS) is 10.8. The zero-order chi connectivity index (χ0) is 15.9. The number of carbonyl (C=O) groups is 1. The first-order chi connectivity index (χ1) is 10.6. The molecule has 1 aromatic carbocycles. The van der Waals surface area contributed by atoms with Crippen LogP contribution < -0.4 is 5.32 Å². The van der Waals surface area contributed by atoms with Gasteiger partial charge in [-0.05, 0) is 35.9 Å². The van der Waals surface area contributed by atoms with E-state index in [1.54, 1.807) is 18.2 Å². The lowest BCUT2D eigenvalue weighted by atomic mass is 10.2. The second-order valence-electron chi connectivity index (χ2n) is 4.38. The highest BCUT2D eigenvalue weighted by atomic mass is 32.1. The summed E-state index contributed by atoms with van der Waals surface area (Å²) in [4.78, 5) is 13.5. The Morgan fingerprint density at radius 1 is 1.32 bits per heavy atom. The summed E-state index contributed by atoms with van der Waals surface area (Å²) in [6, 6.07) is 11.8. The third kappa shape index (κ3) is 3.90. The molecule has 1 N–H and O–H groups in total. The van der Waals surface area contributed by atoms with Crippen molar-refractivity contribution in [3.8, 4) is 16.5 Å². The lowest BCUT2D eigenvalue weighted by Gasteiger charge is -1.99. The van der Waals surface area contributed by atoms with Crippen LogP contribution in [0.15, 0.2) is 54.6 Å². The van der Waals surface area contributed by atoms with Gasteiger partial charge in [0.15, 0.2) is 0 Å². The van der Waals surface area contributed by atoms with Crippen LogP contribution in [0.4, 0.5) is 4.39 Å². The molecule has 2 aromatic rings. The van der Waals surface area contributed by atoms with Crippen molar-refractivity contribution in [3.63, 3.8) is 0 Å². The van der Waals surface area contributed by atoms with Gasteiger partial charge in [0.2, 0.25) is 0 Å². The quantitative estimate of drug-likeness (QED) is 0.519. The van der Waals surface area contributed by atoms with E-state index in [0.717, 1.165) is 15.3 Å². The number of halogens is 1. The highest BCUT2D eigenvalue weighted by Crippen LogP contribution is 2.29. The fraction of sp³-hybridized carbons (Fsp3) is 0.0588. The molecular weight excluding hydrogens is 299 g/mol. The van der Waals surface area contributed by atoms with Crippen LogP contribution in [0.1, 0.15) is 4.88 Å². The van der Waals surface area contributed by atoms with Crippen molar-refractivity contribution >= 4 is 23.3 Å². The Morgan fingerprint density at radius 3 is 2.68 bits per heavy atom. The Labute approximate surface area is 132 Å². The summed E-state index contributed by atoms with van der Waals surface area (Å²) in [6.07, 6.45) is 3.08. The number of carbonyl (C=O) groups excluding carboxylic acids is 1. The highest BCUT2D eigenvalue weighted by Gasteiger charge is 2.09. The number of hydrogen-bond acceptors (Lipinski definition) is 3. The van der Waals surface area contributed by atoms with E-state index in [2.05, 4.69) is 11.9 Å². The second-order valence-corrected chi connectivity index (χ2v) is 5.49. The van der Waals surface area contributed by atoms with E-state index in [1.807, 2.05) is 18.2 Å². The third-order valence-corrected chi connectivity index (χ3v) is 3.90. The smallest absolute Gasteiger partial charge is 0.262 e. The molecule has 0 spiro atoms. The van der Waals surface area contributed by atoms with E-state index in [4.69, 9.17) is 5.26 Å². The van der Waals surface area contributed by atoms with Gasteiger partial charge in [-0.2, -0.15) is 5.26 Å². The monoisotopic (exact) mass is 312 g/mol. The van der Waals surface area contributed by atoms with Crippen molar-refractivity contribution in [2.24, 2.45) is 0 Å². The molecule has 0 fully saturated rings. The number of nitriles is 1. The first-order valence-corrected chi connectivity index (χ1v) is 7.32. The second kappa shape index (κ2) is 7.34. The lowest BCUT2D eigenvalue weighted by molar-refractivity contribution is -0.116. The summed E-state index contributed by atoms with van der Waals surface area (Å²) in [5.41, 5.74) is 0.926. The summed E-state index contributed by atoms with van der Waals surface area (Å²) >= 11 is 1.43. The molecular formula is C17H13FN2OS. The van der Waals surface area contributed by atoms with Crippen LogP contribution in [-0.4, -0.2) is 12.5 Å². The number of hydrogen-bond donors (Lipinski definition) is 1. The van der Waals surface area contributed by atoms with Crippen molar-refractivity contribution in [1.82, 2.24) is 5.32 Å². The molecule has 3 nitrogen and oxygen atoms in total. The molecule has 0 aliphatic heterocycles. The SMILES string of the molecule is C=CCNC(=O)C(C#N)=Cc1ccc(-c2ccc(F)cc2)s1. The summed E-state index contributed by atoms with van der Waals surface area (Å²) in [5, 5.41) is 11.6. The minimum atomic E-state index is -0.431. The summed E-state index contributed by atoms with van der Waals surface area (Å²) in [6.45, 7) is 3.81. The van der Waals surface area contributed by atoms with Crippen LogP contribution in [0, 0.1) is 17.1 Å². The minimum Gasteiger partial charge on any atom is -0.348 e. The zero-order valence-electron chi connectivity index (χ0n) is 11.7. The highest BCUT2D eigenvalue weighted by molar-refractivity contribution is 7.16. The molecule has 1 aromatic heterocycles. The standard InChI is InChI=1S/C17H13FN2OS/c1-2-9-20-17(21)13(11-19)10-15-7-8-16(22-15)12-3-5-14(18)6-4-12/h2-8,10H,1,9H2,(H,20,21). The largest absolute Gasteiger partial charge is 0.348 e. The molecule has 5 heteroatoms. The Hall–Kier alpha value is -2.71. The van der Waals surface area contributed by atoms with Crippen LogP contribution in [0.25, 0.3) is 16.5 Å². The average Bonchev–Trinajstić information content (AvgIpc) is 2.99. The van der Waals surface area contributed by atoms with Gasteiger partial charge in [0.05, 0.1) is 0 Å². The molecule has 2 rings (SSSR count). The fourth-order valence-corrected chi connectivity index (χ4v) is 2.71. The molecule has 1 heterocycles. The van der Waals surface area contributed by atoms with Crippen LogP contribution in [0.3, 0.4) is 0 Å². The topological polar surface area (TPSA) is 52.9 Å².